The van der Waals surface area contributed by atoms with E-state index in [0.29, 0.717) is 39.4 Å². The van der Waals surface area contributed by atoms with Gasteiger partial charge in [0.15, 0.2) is 6.73 Å². The number of nitrogens with zero attached hydrogens (tertiary/aromatic N) is 1. The monoisotopic (exact) mass is 417 g/mol. The summed E-state index contributed by atoms with van der Waals surface area (Å²) in [5.41, 5.74) is 1.95. The Hall–Kier alpha value is -3.06. The third kappa shape index (κ3) is 3.42. The van der Waals surface area contributed by atoms with E-state index in [-0.39, 0.29) is 24.5 Å². The quantitative estimate of drug-likeness (QED) is 0.474. The van der Waals surface area contributed by atoms with Crippen LogP contribution in [0.2, 0.25) is 5.02 Å². The normalized spacial score (nSPS) is 13.2. The number of halogens is 2. The summed E-state index contributed by atoms with van der Waals surface area (Å²) in [6.45, 7) is 2.31. The fourth-order valence-corrected chi connectivity index (χ4v) is 3.73. The summed E-state index contributed by atoms with van der Waals surface area (Å²) in [6, 6.07) is 7.69. The van der Waals surface area contributed by atoms with Crippen molar-refractivity contribution in [2.45, 2.75) is 19.9 Å². The zero-order valence-electron chi connectivity index (χ0n) is 15.8. The van der Waals surface area contributed by atoms with Crippen LogP contribution >= 0.6 is 11.6 Å². The number of benzene rings is 2. The van der Waals surface area contributed by atoms with E-state index >= 15 is 0 Å². The van der Waals surface area contributed by atoms with E-state index in [1.165, 1.54) is 19.2 Å². The van der Waals surface area contributed by atoms with Crippen LogP contribution in [0.3, 0.4) is 0 Å². The van der Waals surface area contributed by atoms with Crippen molar-refractivity contribution in [2.24, 2.45) is 0 Å². The molecule has 0 amide bonds. The number of esters is 1. The zero-order chi connectivity index (χ0) is 20.7. The Morgan fingerprint density at radius 3 is 2.72 bits per heavy atom. The van der Waals surface area contributed by atoms with E-state index in [1.54, 1.807) is 25.1 Å². The predicted molar refractivity (Wildman–Crippen MR) is 106 cm³/mol. The van der Waals surface area contributed by atoms with Crippen LogP contribution in [0.5, 0.6) is 5.75 Å². The van der Waals surface area contributed by atoms with Crippen LogP contribution in [0.15, 0.2) is 39.5 Å². The molecule has 4 rings (SSSR count). The first-order valence-electron chi connectivity index (χ1n) is 8.87. The number of hydrogen-bond acceptors (Lipinski definition) is 6. The van der Waals surface area contributed by atoms with Crippen molar-refractivity contribution in [3.8, 4) is 5.75 Å². The minimum atomic E-state index is -0.608. The van der Waals surface area contributed by atoms with Gasteiger partial charge in [0.1, 0.15) is 17.1 Å². The lowest BCUT2D eigenvalue weighted by molar-refractivity contribution is -0.139. The van der Waals surface area contributed by atoms with E-state index < -0.39 is 11.6 Å². The lowest BCUT2D eigenvalue weighted by Gasteiger charge is -2.31. The minimum Gasteiger partial charge on any atom is -0.471 e. The van der Waals surface area contributed by atoms with Gasteiger partial charge in [-0.15, -0.1) is 0 Å². The highest BCUT2D eigenvalue weighted by Gasteiger charge is 2.26. The van der Waals surface area contributed by atoms with Gasteiger partial charge in [-0.3, -0.25) is 4.79 Å². The van der Waals surface area contributed by atoms with Crippen LogP contribution in [-0.2, 0) is 22.5 Å². The summed E-state index contributed by atoms with van der Waals surface area (Å²) in [5, 5.41) is 1.00. The second-order valence-corrected chi connectivity index (χ2v) is 7.14. The lowest BCUT2D eigenvalue weighted by Crippen LogP contribution is -2.32. The van der Waals surface area contributed by atoms with E-state index in [2.05, 4.69) is 4.74 Å². The van der Waals surface area contributed by atoms with Gasteiger partial charge in [-0.1, -0.05) is 11.6 Å². The van der Waals surface area contributed by atoms with Crippen molar-refractivity contribution in [2.75, 3.05) is 18.7 Å². The SMILES string of the molecule is COC(=O)Cc1c(C)c2cc(Cl)c3c(c2oc1=O)CN(c1ccc(F)cc1)CO3. The standard InChI is InChI=1S/C21H17ClFNO5/c1-11-14-7-17(22)20-16(19(14)29-21(26)15(11)8-18(25)27-2)9-24(10-28-20)13-5-3-12(23)4-6-13/h3-7H,8-10H2,1-2H3. The average Bonchev–Trinajstić information content (AvgIpc) is 2.72. The van der Waals surface area contributed by atoms with E-state index in [4.69, 9.17) is 20.8 Å². The highest BCUT2D eigenvalue weighted by atomic mass is 35.5. The number of aryl methyl sites for hydroxylation is 1. The highest BCUT2D eigenvalue weighted by molar-refractivity contribution is 6.33. The Labute approximate surface area is 170 Å². The maximum Gasteiger partial charge on any atom is 0.340 e. The first-order chi connectivity index (χ1) is 13.9. The Bertz CT molecular complexity index is 1170. The molecule has 0 saturated heterocycles. The summed E-state index contributed by atoms with van der Waals surface area (Å²) in [7, 11) is 1.26. The molecule has 0 N–H and O–H groups in total. The predicted octanol–water partition coefficient (Wildman–Crippen LogP) is 3.97. The van der Waals surface area contributed by atoms with Gasteiger partial charge < -0.3 is 18.8 Å². The van der Waals surface area contributed by atoms with Crippen LogP contribution in [0.4, 0.5) is 10.1 Å². The number of anilines is 1. The van der Waals surface area contributed by atoms with Gasteiger partial charge in [-0.25, -0.2) is 9.18 Å². The molecule has 1 aliphatic heterocycles. The summed E-state index contributed by atoms with van der Waals surface area (Å²) < 4.78 is 29.3. The van der Waals surface area contributed by atoms with Crippen LogP contribution in [0, 0.1) is 12.7 Å². The van der Waals surface area contributed by atoms with Crippen molar-refractivity contribution in [3.63, 3.8) is 0 Å². The Morgan fingerprint density at radius 2 is 2.03 bits per heavy atom. The number of methoxy groups -OCH3 is 1. The second kappa shape index (κ2) is 7.40. The summed E-state index contributed by atoms with van der Waals surface area (Å²) in [5.74, 6) is -0.421. The van der Waals surface area contributed by atoms with Crippen LogP contribution < -0.4 is 15.3 Å². The fraction of sp³-hybridized carbons (Fsp3) is 0.238. The number of carbonyl (C=O) groups is 1. The topological polar surface area (TPSA) is 69.0 Å². The molecular formula is C21H17ClFNO5. The van der Waals surface area contributed by atoms with E-state index in [9.17, 15) is 14.0 Å². The molecule has 0 spiro atoms. The summed E-state index contributed by atoms with van der Waals surface area (Å²) in [6.07, 6.45) is -0.187. The number of rotatable bonds is 3. The maximum absolute atomic E-state index is 13.2. The van der Waals surface area contributed by atoms with E-state index in [1.807, 2.05) is 4.90 Å². The van der Waals surface area contributed by atoms with Gasteiger partial charge in [0.25, 0.3) is 0 Å². The number of fused-ring (bicyclic) bond motifs is 3. The van der Waals surface area contributed by atoms with Crippen LogP contribution in [0.25, 0.3) is 11.0 Å². The first-order valence-corrected chi connectivity index (χ1v) is 9.24. The molecule has 0 fully saturated rings. The molecular weight excluding hydrogens is 401 g/mol. The van der Waals surface area contributed by atoms with Gasteiger partial charge in [-0.05, 0) is 42.8 Å². The molecule has 6 nitrogen and oxygen atoms in total. The smallest absolute Gasteiger partial charge is 0.340 e. The highest BCUT2D eigenvalue weighted by Crippen LogP contribution is 2.40. The Morgan fingerprint density at radius 1 is 1.31 bits per heavy atom. The van der Waals surface area contributed by atoms with Crippen molar-refractivity contribution in [3.05, 3.63) is 68.3 Å². The molecule has 0 radical (unpaired) electrons. The maximum atomic E-state index is 13.2. The van der Waals surface area contributed by atoms with Gasteiger partial charge in [-0.2, -0.15) is 0 Å². The van der Waals surface area contributed by atoms with Crippen molar-refractivity contribution in [1.82, 2.24) is 0 Å². The Kier molecular flexibility index (Phi) is 4.92. The summed E-state index contributed by atoms with van der Waals surface area (Å²) >= 11 is 6.43. The largest absolute Gasteiger partial charge is 0.471 e. The molecule has 0 saturated carbocycles. The molecule has 2 heterocycles. The summed E-state index contributed by atoms with van der Waals surface area (Å²) in [4.78, 5) is 26.1. The first kappa shape index (κ1) is 19.3. The number of ether oxygens (including phenoxy) is 2. The second-order valence-electron chi connectivity index (χ2n) is 6.74. The molecule has 0 atom stereocenters. The molecule has 8 heteroatoms. The van der Waals surface area contributed by atoms with E-state index in [0.717, 1.165) is 5.69 Å². The van der Waals surface area contributed by atoms with Crippen molar-refractivity contribution in [1.29, 1.82) is 0 Å². The van der Waals surface area contributed by atoms with Gasteiger partial charge in [0.05, 0.1) is 36.2 Å². The molecule has 0 aliphatic carbocycles. The van der Waals surface area contributed by atoms with Crippen LogP contribution in [-0.4, -0.2) is 19.8 Å². The molecule has 1 aliphatic rings. The third-order valence-corrected chi connectivity index (χ3v) is 5.31. The van der Waals surface area contributed by atoms with Gasteiger partial charge >= 0.3 is 11.6 Å². The van der Waals surface area contributed by atoms with Gasteiger partial charge in [0, 0.05) is 11.1 Å². The van der Waals surface area contributed by atoms with Crippen molar-refractivity contribution < 1.29 is 23.1 Å². The Balaban J connectivity index is 1.84. The zero-order valence-corrected chi connectivity index (χ0v) is 16.5. The van der Waals surface area contributed by atoms with Crippen LogP contribution in [0.1, 0.15) is 16.7 Å². The molecule has 1 aromatic heterocycles. The van der Waals surface area contributed by atoms with Gasteiger partial charge in [0.2, 0.25) is 0 Å². The third-order valence-electron chi connectivity index (χ3n) is 5.03. The molecule has 2 aromatic carbocycles. The molecule has 29 heavy (non-hydrogen) atoms. The molecule has 150 valence electrons. The molecule has 0 unspecified atom stereocenters. The number of carbonyl (C=O) groups excluding carboxylic acids is 1. The lowest BCUT2D eigenvalue weighted by atomic mass is 10.00. The minimum absolute atomic E-state index is 0.187. The average molecular weight is 418 g/mol. The molecule has 0 bridgehead atoms. The number of hydrogen-bond donors (Lipinski definition) is 0. The fourth-order valence-electron chi connectivity index (χ4n) is 3.45. The molecule has 3 aromatic rings. The van der Waals surface area contributed by atoms with Crippen molar-refractivity contribution >= 4 is 34.2 Å².